The predicted octanol–water partition coefficient (Wildman–Crippen LogP) is 2.13. The largest absolute Gasteiger partial charge is 0.494 e. The van der Waals surface area contributed by atoms with E-state index in [1.54, 1.807) is 24.2 Å². The maximum absolute atomic E-state index is 12.7. The minimum absolute atomic E-state index is 0.189. The molecule has 0 radical (unpaired) electrons. The Balaban J connectivity index is 1.69. The number of anilines is 1. The lowest BCUT2D eigenvalue weighted by Crippen LogP contribution is -2.66. The number of imidazole rings is 1. The topological polar surface area (TPSA) is 123 Å². The zero-order valence-corrected chi connectivity index (χ0v) is 22.4. The highest BCUT2D eigenvalue weighted by molar-refractivity contribution is 7.88. The second kappa shape index (κ2) is 9.75. The van der Waals surface area contributed by atoms with Crippen molar-refractivity contribution in [2.75, 3.05) is 38.4 Å². The Hall–Kier alpha value is -2.93. The van der Waals surface area contributed by atoms with E-state index >= 15 is 0 Å². The van der Waals surface area contributed by atoms with Gasteiger partial charge in [-0.25, -0.2) is 13.4 Å². The third kappa shape index (κ3) is 4.63. The summed E-state index contributed by atoms with van der Waals surface area (Å²) in [6.07, 6.45) is 3.40. The van der Waals surface area contributed by atoms with E-state index in [4.69, 9.17) is 27.8 Å². The molecule has 37 heavy (non-hydrogen) atoms. The predicted molar refractivity (Wildman–Crippen MR) is 144 cm³/mol. The van der Waals surface area contributed by atoms with Crippen LogP contribution in [0.3, 0.4) is 0 Å². The summed E-state index contributed by atoms with van der Waals surface area (Å²) in [6, 6.07) is 15.6. The Morgan fingerprint density at radius 1 is 1.14 bits per heavy atom. The first-order valence-corrected chi connectivity index (χ1v) is 14.0. The molecular weight excluding hydrogens is 514 g/mol. The molecule has 3 atom stereocenters. The van der Waals surface area contributed by atoms with Gasteiger partial charge in [-0.15, -0.1) is 0 Å². The molecule has 1 aromatic heterocycles. The van der Waals surface area contributed by atoms with E-state index in [0.29, 0.717) is 10.9 Å². The van der Waals surface area contributed by atoms with Crippen LogP contribution in [0.2, 0.25) is 5.15 Å². The van der Waals surface area contributed by atoms with Crippen molar-refractivity contribution in [3.63, 3.8) is 0 Å². The molecule has 0 spiro atoms. The van der Waals surface area contributed by atoms with Crippen molar-refractivity contribution >= 4 is 27.3 Å². The van der Waals surface area contributed by atoms with Crippen LogP contribution in [0.1, 0.15) is 11.5 Å². The van der Waals surface area contributed by atoms with Crippen LogP contribution in [0.15, 0.2) is 72.3 Å². The fourth-order valence-corrected chi connectivity index (χ4v) is 6.05. The van der Waals surface area contributed by atoms with Gasteiger partial charge in [0, 0.05) is 42.7 Å². The second-order valence-electron chi connectivity index (χ2n) is 9.28. The van der Waals surface area contributed by atoms with E-state index in [-0.39, 0.29) is 19.0 Å². The number of halogens is 1. The number of ether oxygens (including phenoxy) is 1. The third-order valence-electron chi connectivity index (χ3n) is 7.07. The molecule has 0 amide bonds. The molecule has 196 valence electrons. The van der Waals surface area contributed by atoms with Crippen LogP contribution in [0.4, 0.5) is 5.69 Å². The monoisotopic (exact) mass is 543 g/mol. The van der Waals surface area contributed by atoms with Crippen LogP contribution in [-0.2, 0) is 10.0 Å². The minimum Gasteiger partial charge on any atom is -0.494 e. The smallest absolute Gasteiger partial charge is 0.211 e. The summed E-state index contributed by atoms with van der Waals surface area (Å²) < 4.78 is 34.4. The van der Waals surface area contributed by atoms with E-state index in [1.807, 2.05) is 65.4 Å². The maximum Gasteiger partial charge on any atom is 0.211 e. The molecule has 2 aromatic carbocycles. The molecule has 2 aliphatic rings. The van der Waals surface area contributed by atoms with Crippen molar-refractivity contribution in [2.45, 2.75) is 18.4 Å². The molecule has 3 unspecified atom stereocenters. The molecule has 4 N–H and O–H groups in total. The van der Waals surface area contributed by atoms with E-state index in [9.17, 15) is 8.42 Å². The standard InChI is InChI=1S/C25H30ClN7O3S/c1-30-24(27)19-13-32(37(3,34)35)12-18(16-7-5-4-6-8-16)23(19)33(25(30)28)17-9-10-20(21(11-17)36-2)31-14-22(26)29-15-31/h4-11,14-15,18,24-25H,12-13,27-28H2,1-3H3. The zero-order valence-electron chi connectivity index (χ0n) is 20.8. The average molecular weight is 544 g/mol. The number of benzene rings is 2. The quantitative estimate of drug-likeness (QED) is 0.502. The van der Waals surface area contributed by atoms with E-state index in [2.05, 4.69) is 4.98 Å². The number of nitrogens with two attached hydrogens (primary N) is 2. The van der Waals surface area contributed by atoms with Crippen LogP contribution in [0, 0.1) is 0 Å². The number of sulfonamides is 1. The molecule has 2 aliphatic heterocycles. The maximum atomic E-state index is 12.7. The number of methoxy groups -OCH3 is 1. The average Bonchev–Trinajstić information content (AvgIpc) is 3.32. The fraction of sp³-hybridized carbons (Fsp3) is 0.320. The summed E-state index contributed by atoms with van der Waals surface area (Å²) >= 11 is 6.03. The Labute approximate surface area is 221 Å². The molecule has 0 saturated heterocycles. The molecule has 0 fully saturated rings. The summed E-state index contributed by atoms with van der Waals surface area (Å²) in [5.41, 5.74) is 17.7. The van der Waals surface area contributed by atoms with Gasteiger partial charge >= 0.3 is 0 Å². The van der Waals surface area contributed by atoms with Crippen LogP contribution >= 0.6 is 11.6 Å². The highest BCUT2D eigenvalue weighted by Gasteiger charge is 2.44. The lowest BCUT2D eigenvalue weighted by Gasteiger charge is -2.52. The van der Waals surface area contributed by atoms with Gasteiger partial charge in [0.2, 0.25) is 10.0 Å². The van der Waals surface area contributed by atoms with Crippen molar-refractivity contribution in [1.29, 1.82) is 0 Å². The lowest BCUT2D eigenvalue weighted by atomic mass is 9.86. The SMILES string of the molecule is COc1cc(N2C3=C(CN(S(C)(=O)=O)CC3c3ccccc3)C(N)N(C)C2N)ccc1-n1cnc(Cl)c1. The molecular formula is C25H30ClN7O3S. The molecule has 5 rings (SSSR count). The van der Waals surface area contributed by atoms with E-state index in [1.165, 1.54) is 10.6 Å². The number of hydrogen-bond acceptors (Lipinski definition) is 8. The molecule has 3 heterocycles. The summed E-state index contributed by atoms with van der Waals surface area (Å²) in [5, 5.41) is 0.373. The molecule has 3 aromatic rings. The van der Waals surface area contributed by atoms with Gasteiger partial charge < -0.3 is 19.9 Å². The van der Waals surface area contributed by atoms with Crippen LogP contribution < -0.4 is 21.1 Å². The number of rotatable bonds is 5. The lowest BCUT2D eigenvalue weighted by molar-refractivity contribution is 0.167. The van der Waals surface area contributed by atoms with Gasteiger partial charge in [-0.05, 0) is 30.3 Å². The summed E-state index contributed by atoms with van der Waals surface area (Å²) in [5.74, 6) is 0.326. The van der Waals surface area contributed by atoms with Crippen molar-refractivity contribution in [3.05, 3.63) is 83.0 Å². The van der Waals surface area contributed by atoms with Gasteiger partial charge in [-0.3, -0.25) is 10.6 Å². The number of hydrogen-bond donors (Lipinski definition) is 2. The normalized spacial score (nSPS) is 23.3. The molecule has 0 aliphatic carbocycles. The molecule has 0 bridgehead atoms. The van der Waals surface area contributed by atoms with Crippen molar-refractivity contribution in [1.82, 2.24) is 18.8 Å². The van der Waals surface area contributed by atoms with E-state index in [0.717, 1.165) is 28.2 Å². The molecule has 12 heteroatoms. The van der Waals surface area contributed by atoms with Gasteiger partial charge in [0.1, 0.15) is 23.5 Å². The first kappa shape index (κ1) is 25.7. The number of likely N-dealkylation sites (N-methyl/N-ethyl adjacent to an activating group) is 1. The Bertz CT molecular complexity index is 1440. The Morgan fingerprint density at radius 2 is 1.86 bits per heavy atom. The van der Waals surface area contributed by atoms with Crippen molar-refractivity contribution in [3.8, 4) is 11.4 Å². The summed E-state index contributed by atoms with van der Waals surface area (Å²) in [4.78, 5) is 7.96. The number of aromatic nitrogens is 2. The Kier molecular flexibility index (Phi) is 6.77. The van der Waals surface area contributed by atoms with Gasteiger partial charge in [-0.1, -0.05) is 41.9 Å². The fourth-order valence-electron chi connectivity index (χ4n) is 5.11. The summed E-state index contributed by atoms with van der Waals surface area (Å²) in [6.45, 7) is 0.471. The number of nitrogens with zero attached hydrogens (tertiary/aromatic N) is 5. The minimum atomic E-state index is -3.46. The van der Waals surface area contributed by atoms with Gasteiger partial charge in [0.05, 0.1) is 25.2 Å². The van der Waals surface area contributed by atoms with Crippen molar-refractivity contribution in [2.24, 2.45) is 11.5 Å². The Morgan fingerprint density at radius 3 is 2.49 bits per heavy atom. The van der Waals surface area contributed by atoms with Crippen molar-refractivity contribution < 1.29 is 13.2 Å². The van der Waals surface area contributed by atoms with Crippen LogP contribution in [-0.4, -0.2) is 73.1 Å². The van der Waals surface area contributed by atoms with Crippen LogP contribution in [0.25, 0.3) is 5.69 Å². The highest BCUT2D eigenvalue weighted by Crippen LogP contribution is 2.43. The first-order chi connectivity index (χ1) is 17.6. The molecule has 10 nitrogen and oxygen atoms in total. The van der Waals surface area contributed by atoms with Gasteiger partial charge in [0.15, 0.2) is 0 Å². The second-order valence-corrected chi connectivity index (χ2v) is 11.7. The van der Waals surface area contributed by atoms with E-state index < -0.39 is 22.5 Å². The highest BCUT2D eigenvalue weighted by atomic mass is 35.5. The van der Waals surface area contributed by atoms with Gasteiger partial charge in [0.25, 0.3) is 0 Å². The zero-order chi connectivity index (χ0) is 26.5. The van der Waals surface area contributed by atoms with Gasteiger partial charge in [-0.2, -0.15) is 4.31 Å². The summed E-state index contributed by atoms with van der Waals surface area (Å²) in [7, 11) is -0.0289. The third-order valence-corrected chi connectivity index (χ3v) is 8.48. The molecule has 0 saturated carbocycles. The first-order valence-electron chi connectivity index (χ1n) is 11.7. The van der Waals surface area contributed by atoms with Crippen LogP contribution in [0.5, 0.6) is 5.75 Å².